The van der Waals surface area contributed by atoms with Crippen LogP contribution in [0.15, 0.2) is 18.2 Å². The Morgan fingerprint density at radius 3 is 2.33 bits per heavy atom. The number of ether oxygens (including phenoxy) is 2. The molecule has 0 aliphatic carbocycles. The fourth-order valence-corrected chi connectivity index (χ4v) is 1.90. The monoisotopic (exact) mass is 311 g/mol. The fourth-order valence-electron chi connectivity index (χ4n) is 1.54. The number of methoxy groups -OCH3 is 2. The van der Waals surface area contributed by atoms with Crippen molar-refractivity contribution in [2.24, 2.45) is 0 Å². The van der Waals surface area contributed by atoms with Crippen molar-refractivity contribution >= 4 is 23.2 Å². The van der Waals surface area contributed by atoms with Crippen LogP contribution in [0.4, 0.5) is 0 Å². The molecule has 21 heavy (non-hydrogen) atoms. The van der Waals surface area contributed by atoms with E-state index in [4.69, 9.17) is 21.7 Å². The number of hydrazine groups is 1. The molecule has 1 aromatic rings. The van der Waals surface area contributed by atoms with Crippen LogP contribution in [0.2, 0.25) is 0 Å². The molecule has 6 nitrogen and oxygen atoms in total. The highest BCUT2D eigenvalue weighted by molar-refractivity contribution is 7.80. The van der Waals surface area contributed by atoms with Crippen LogP contribution in [0.25, 0.3) is 0 Å². The highest BCUT2D eigenvalue weighted by atomic mass is 32.1. The molecule has 0 spiro atoms. The Hall–Kier alpha value is -2.02. The van der Waals surface area contributed by atoms with E-state index in [1.165, 1.54) is 14.2 Å². The minimum atomic E-state index is -0.371. The van der Waals surface area contributed by atoms with Crippen LogP contribution >= 0.6 is 12.2 Å². The zero-order chi connectivity index (χ0) is 16.0. The molecule has 7 heteroatoms. The number of carbonyl (C=O) groups is 1. The molecule has 0 saturated carbocycles. The summed E-state index contributed by atoms with van der Waals surface area (Å²) in [4.78, 5) is 12.2. The van der Waals surface area contributed by atoms with Gasteiger partial charge in [0.15, 0.2) is 5.11 Å². The van der Waals surface area contributed by atoms with E-state index < -0.39 is 0 Å². The zero-order valence-corrected chi connectivity index (χ0v) is 13.7. The zero-order valence-electron chi connectivity index (χ0n) is 12.9. The average Bonchev–Trinajstić information content (AvgIpc) is 2.42. The second-order valence-corrected chi connectivity index (χ2v) is 5.76. The van der Waals surface area contributed by atoms with Gasteiger partial charge in [-0.2, -0.15) is 0 Å². The van der Waals surface area contributed by atoms with Gasteiger partial charge in [0.1, 0.15) is 11.5 Å². The SMILES string of the molecule is COc1ccc(OC)c(C(=O)NNC(=S)NC(C)(C)C)c1. The summed E-state index contributed by atoms with van der Waals surface area (Å²) < 4.78 is 10.3. The lowest BCUT2D eigenvalue weighted by molar-refractivity contribution is 0.0940. The Balaban J connectivity index is 2.73. The molecule has 1 amide bonds. The molecule has 3 N–H and O–H groups in total. The molecule has 1 rings (SSSR count). The summed E-state index contributed by atoms with van der Waals surface area (Å²) in [6.45, 7) is 5.90. The molecule has 0 atom stereocenters. The second-order valence-electron chi connectivity index (χ2n) is 5.35. The molecule has 0 heterocycles. The summed E-state index contributed by atoms with van der Waals surface area (Å²) >= 11 is 5.09. The Morgan fingerprint density at radius 2 is 1.81 bits per heavy atom. The van der Waals surface area contributed by atoms with Crippen molar-refractivity contribution < 1.29 is 14.3 Å². The number of nitrogens with one attached hydrogen (secondary N) is 3. The van der Waals surface area contributed by atoms with Crippen LogP contribution in [0.3, 0.4) is 0 Å². The van der Waals surface area contributed by atoms with E-state index >= 15 is 0 Å². The van der Waals surface area contributed by atoms with Gasteiger partial charge in [-0.15, -0.1) is 0 Å². The Kier molecular flexibility index (Phi) is 5.78. The molecular formula is C14H21N3O3S. The first kappa shape index (κ1) is 17.0. The van der Waals surface area contributed by atoms with Gasteiger partial charge in [0, 0.05) is 5.54 Å². The Morgan fingerprint density at radius 1 is 1.14 bits per heavy atom. The smallest absolute Gasteiger partial charge is 0.273 e. The highest BCUT2D eigenvalue weighted by Crippen LogP contribution is 2.23. The maximum Gasteiger partial charge on any atom is 0.273 e. The van der Waals surface area contributed by atoms with Crippen LogP contribution in [-0.4, -0.2) is 30.8 Å². The largest absolute Gasteiger partial charge is 0.497 e. The topological polar surface area (TPSA) is 71.6 Å². The van der Waals surface area contributed by atoms with Crippen LogP contribution < -0.4 is 25.6 Å². The van der Waals surface area contributed by atoms with Gasteiger partial charge in [0.05, 0.1) is 19.8 Å². The maximum atomic E-state index is 12.2. The summed E-state index contributed by atoms with van der Waals surface area (Å²) in [5.41, 5.74) is 5.33. The summed E-state index contributed by atoms with van der Waals surface area (Å²) in [5, 5.41) is 3.36. The fraction of sp³-hybridized carbons (Fsp3) is 0.429. The molecule has 116 valence electrons. The lowest BCUT2D eigenvalue weighted by Gasteiger charge is -2.23. The van der Waals surface area contributed by atoms with E-state index in [9.17, 15) is 4.79 Å². The molecule has 0 aliphatic heterocycles. The van der Waals surface area contributed by atoms with Crippen molar-refractivity contribution in [2.75, 3.05) is 14.2 Å². The summed E-state index contributed by atoms with van der Waals surface area (Å²) in [6, 6.07) is 4.98. The molecule has 0 aromatic heterocycles. The van der Waals surface area contributed by atoms with Gasteiger partial charge < -0.3 is 14.8 Å². The number of benzene rings is 1. The van der Waals surface area contributed by atoms with Crippen LogP contribution in [0.1, 0.15) is 31.1 Å². The lowest BCUT2D eigenvalue weighted by Crippen LogP contribution is -2.52. The van der Waals surface area contributed by atoms with E-state index in [2.05, 4.69) is 16.2 Å². The van der Waals surface area contributed by atoms with Crippen molar-refractivity contribution in [1.82, 2.24) is 16.2 Å². The average molecular weight is 311 g/mol. The summed E-state index contributed by atoms with van der Waals surface area (Å²) in [7, 11) is 3.03. The molecular weight excluding hydrogens is 290 g/mol. The Labute approximate surface area is 130 Å². The standard InChI is InChI=1S/C14H21N3O3S/c1-14(2,3)15-13(21)17-16-12(18)10-8-9(19-4)6-7-11(10)20-5/h6-8H,1-5H3,(H,16,18)(H2,15,17,21). The predicted molar refractivity (Wildman–Crippen MR) is 85.6 cm³/mol. The number of amides is 1. The number of hydrogen-bond donors (Lipinski definition) is 3. The summed E-state index contributed by atoms with van der Waals surface area (Å²) in [5.74, 6) is 0.643. The molecule has 0 saturated heterocycles. The minimum Gasteiger partial charge on any atom is -0.497 e. The third-order valence-corrected chi connectivity index (χ3v) is 2.63. The first-order valence-corrected chi connectivity index (χ1v) is 6.78. The Bertz CT molecular complexity index is 527. The maximum absolute atomic E-state index is 12.2. The number of carbonyl (C=O) groups excluding carboxylic acids is 1. The van der Waals surface area contributed by atoms with E-state index in [0.29, 0.717) is 22.2 Å². The van der Waals surface area contributed by atoms with Crippen molar-refractivity contribution in [3.05, 3.63) is 23.8 Å². The third kappa shape index (κ3) is 5.47. The third-order valence-electron chi connectivity index (χ3n) is 2.43. The van der Waals surface area contributed by atoms with E-state index in [1.54, 1.807) is 18.2 Å². The lowest BCUT2D eigenvalue weighted by atomic mass is 10.1. The van der Waals surface area contributed by atoms with Gasteiger partial charge in [0.25, 0.3) is 5.91 Å². The van der Waals surface area contributed by atoms with Gasteiger partial charge in [-0.1, -0.05) is 0 Å². The van der Waals surface area contributed by atoms with Gasteiger partial charge in [-0.25, -0.2) is 0 Å². The normalized spacial score (nSPS) is 10.5. The number of thiocarbonyl (C=S) groups is 1. The van der Waals surface area contributed by atoms with Crippen LogP contribution in [0, 0.1) is 0 Å². The second kappa shape index (κ2) is 7.12. The van der Waals surface area contributed by atoms with E-state index in [1.807, 2.05) is 20.8 Å². The van der Waals surface area contributed by atoms with Crippen molar-refractivity contribution in [3.63, 3.8) is 0 Å². The first-order valence-electron chi connectivity index (χ1n) is 6.37. The van der Waals surface area contributed by atoms with Gasteiger partial charge in [-0.3, -0.25) is 15.6 Å². The molecule has 0 radical (unpaired) electrons. The molecule has 0 unspecified atom stereocenters. The van der Waals surface area contributed by atoms with Crippen LogP contribution in [0.5, 0.6) is 11.5 Å². The van der Waals surface area contributed by atoms with Crippen molar-refractivity contribution in [1.29, 1.82) is 0 Å². The van der Waals surface area contributed by atoms with Crippen molar-refractivity contribution in [3.8, 4) is 11.5 Å². The molecule has 0 aliphatic rings. The van der Waals surface area contributed by atoms with Crippen LogP contribution in [-0.2, 0) is 0 Å². The number of hydrogen-bond acceptors (Lipinski definition) is 4. The summed E-state index contributed by atoms with van der Waals surface area (Å²) in [6.07, 6.45) is 0. The molecule has 0 fully saturated rings. The van der Waals surface area contributed by atoms with Gasteiger partial charge in [-0.05, 0) is 51.2 Å². The first-order chi connectivity index (χ1) is 9.76. The molecule has 0 bridgehead atoms. The predicted octanol–water partition coefficient (Wildman–Crippen LogP) is 1.61. The number of rotatable bonds is 3. The van der Waals surface area contributed by atoms with Gasteiger partial charge >= 0.3 is 0 Å². The molecule has 1 aromatic carbocycles. The van der Waals surface area contributed by atoms with E-state index in [0.717, 1.165) is 0 Å². The van der Waals surface area contributed by atoms with Crippen molar-refractivity contribution in [2.45, 2.75) is 26.3 Å². The minimum absolute atomic E-state index is 0.192. The van der Waals surface area contributed by atoms with Gasteiger partial charge in [0.2, 0.25) is 0 Å². The highest BCUT2D eigenvalue weighted by Gasteiger charge is 2.15. The van der Waals surface area contributed by atoms with E-state index in [-0.39, 0.29) is 11.4 Å². The quantitative estimate of drug-likeness (QED) is 0.582.